The Balaban J connectivity index is 2.43. The van der Waals surface area contributed by atoms with Crippen LogP contribution in [0.4, 0.5) is 13.6 Å². The van der Waals surface area contributed by atoms with Crippen molar-refractivity contribution in [3.05, 3.63) is 33.9 Å². The molecule has 4 nitrogen and oxygen atoms in total. The Bertz CT molecular complexity index is 597. The van der Waals surface area contributed by atoms with Crippen LogP contribution in [0.1, 0.15) is 5.69 Å². The third kappa shape index (κ3) is 2.23. The summed E-state index contributed by atoms with van der Waals surface area (Å²) in [5, 5.41) is 10.6. The van der Waals surface area contributed by atoms with E-state index in [9.17, 15) is 13.6 Å². The fourth-order valence-electron chi connectivity index (χ4n) is 1.50. The molecule has 0 saturated heterocycles. The quantitative estimate of drug-likeness (QED) is 0.747. The number of carbonyl (C=O) groups is 1. The summed E-state index contributed by atoms with van der Waals surface area (Å²) in [6, 6.07) is 2.77. The van der Waals surface area contributed by atoms with Gasteiger partial charge < -0.3 is 15.4 Å². The molecule has 1 aromatic carbocycles. The fraction of sp³-hybridized carbons (Fsp3) is 0.100. The van der Waals surface area contributed by atoms with Crippen molar-refractivity contribution < 1.29 is 18.7 Å². The minimum atomic E-state index is -1.18. The van der Waals surface area contributed by atoms with Crippen LogP contribution in [-0.2, 0) is 6.54 Å². The molecular formula is C10H7BrF2N2O2. The number of hydrogen-bond acceptors (Lipinski definition) is 1. The summed E-state index contributed by atoms with van der Waals surface area (Å²) in [5.74, 6) is -1.93. The Morgan fingerprint density at radius 3 is 2.76 bits per heavy atom. The molecule has 1 aromatic heterocycles. The monoisotopic (exact) mass is 304 g/mol. The predicted octanol–water partition coefficient (Wildman–Crippen LogP) is 2.98. The van der Waals surface area contributed by atoms with Gasteiger partial charge in [-0.2, -0.15) is 0 Å². The summed E-state index contributed by atoms with van der Waals surface area (Å²) < 4.78 is 26.8. The van der Waals surface area contributed by atoms with Crippen molar-refractivity contribution in [1.82, 2.24) is 10.3 Å². The Kier molecular flexibility index (Phi) is 3.01. The molecule has 2 rings (SSSR count). The van der Waals surface area contributed by atoms with Gasteiger partial charge in [0.1, 0.15) is 0 Å². The van der Waals surface area contributed by atoms with Crippen molar-refractivity contribution in [2.24, 2.45) is 0 Å². The third-order valence-electron chi connectivity index (χ3n) is 2.24. The Morgan fingerprint density at radius 1 is 1.41 bits per heavy atom. The topological polar surface area (TPSA) is 65.1 Å². The van der Waals surface area contributed by atoms with Crippen molar-refractivity contribution in [3.8, 4) is 0 Å². The van der Waals surface area contributed by atoms with Crippen LogP contribution < -0.4 is 5.32 Å². The second kappa shape index (κ2) is 4.33. The molecule has 0 aliphatic carbocycles. The molecule has 3 N–H and O–H groups in total. The summed E-state index contributed by atoms with van der Waals surface area (Å²) in [5.41, 5.74) is 0.858. The minimum absolute atomic E-state index is 0.00267. The number of nitrogens with one attached hydrogen (secondary N) is 2. The van der Waals surface area contributed by atoms with Crippen molar-refractivity contribution in [1.29, 1.82) is 0 Å². The molecule has 0 aliphatic heterocycles. The molecule has 17 heavy (non-hydrogen) atoms. The number of H-pyrrole nitrogens is 1. The Hall–Kier alpha value is -1.63. The molecule has 1 amide bonds. The van der Waals surface area contributed by atoms with Gasteiger partial charge in [0.2, 0.25) is 0 Å². The lowest BCUT2D eigenvalue weighted by molar-refractivity contribution is 0.194. The lowest BCUT2D eigenvalue weighted by Gasteiger charge is -1.97. The molecule has 0 spiro atoms. The van der Waals surface area contributed by atoms with Crippen molar-refractivity contribution in [3.63, 3.8) is 0 Å². The standard InChI is InChI=1S/C10H7BrF2N2O2/c11-6-2-7-5(8(12)9(6)13)1-4(15-7)3-14-10(16)17/h1-2,14-15H,3H2,(H,16,17). The van der Waals surface area contributed by atoms with E-state index in [1.54, 1.807) is 0 Å². The molecule has 1 heterocycles. The van der Waals surface area contributed by atoms with E-state index in [4.69, 9.17) is 5.11 Å². The number of aromatic amines is 1. The number of carboxylic acid groups (broad SMARTS) is 1. The molecule has 0 aliphatic rings. The summed E-state index contributed by atoms with van der Waals surface area (Å²) in [6.07, 6.45) is -1.18. The summed E-state index contributed by atoms with van der Waals surface area (Å²) >= 11 is 2.89. The lowest BCUT2D eigenvalue weighted by atomic mass is 10.2. The first-order valence-electron chi connectivity index (χ1n) is 4.61. The Morgan fingerprint density at radius 2 is 2.12 bits per heavy atom. The van der Waals surface area contributed by atoms with Gasteiger partial charge in [0.05, 0.1) is 11.0 Å². The maximum atomic E-state index is 13.5. The van der Waals surface area contributed by atoms with E-state index in [-0.39, 0.29) is 16.4 Å². The van der Waals surface area contributed by atoms with E-state index in [1.165, 1.54) is 12.1 Å². The number of amides is 1. The maximum Gasteiger partial charge on any atom is 0.404 e. The number of fused-ring (bicyclic) bond motifs is 1. The average Bonchev–Trinajstić information content (AvgIpc) is 2.66. The first kappa shape index (κ1) is 11.8. The molecule has 0 unspecified atom stereocenters. The van der Waals surface area contributed by atoms with Gasteiger partial charge in [-0.15, -0.1) is 0 Å². The molecule has 0 fully saturated rings. The van der Waals surface area contributed by atoms with Gasteiger partial charge in [0.25, 0.3) is 0 Å². The number of hydrogen-bond donors (Lipinski definition) is 3. The van der Waals surface area contributed by atoms with Crippen molar-refractivity contribution in [2.75, 3.05) is 0 Å². The van der Waals surface area contributed by atoms with Crippen molar-refractivity contribution in [2.45, 2.75) is 6.54 Å². The fourth-order valence-corrected chi connectivity index (χ4v) is 1.91. The second-order valence-corrected chi connectivity index (χ2v) is 4.26. The average molecular weight is 305 g/mol. The zero-order valence-corrected chi connectivity index (χ0v) is 9.94. The molecule has 0 radical (unpaired) electrons. The van der Waals surface area contributed by atoms with Gasteiger partial charge in [-0.3, -0.25) is 0 Å². The molecule has 0 atom stereocenters. The van der Waals surface area contributed by atoms with E-state index < -0.39 is 17.7 Å². The van der Waals surface area contributed by atoms with Crippen LogP contribution in [0.5, 0.6) is 0 Å². The highest BCUT2D eigenvalue weighted by molar-refractivity contribution is 9.10. The Labute approximate surface area is 103 Å². The number of aromatic nitrogens is 1. The number of benzene rings is 1. The highest BCUT2D eigenvalue weighted by atomic mass is 79.9. The third-order valence-corrected chi connectivity index (χ3v) is 2.82. The number of halogens is 3. The highest BCUT2D eigenvalue weighted by Gasteiger charge is 2.14. The number of rotatable bonds is 2. The van der Waals surface area contributed by atoms with Gasteiger partial charge in [-0.05, 0) is 28.1 Å². The van der Waals surface area contributed by atoms with Crippen LogP contribution in [-0.4, -0.2) is 16.2 Å². The smallest absolute Gasteiger partial charge is 0.404 e. The highest BCUT2D eigenvalue weighted by Crippen LogP contribution is 2.27. The molecule has 0 saturated carbocycles. The zero-order valence-electron chi connectivity index (χ0n) is 8.35. The van der Waals surface area contributed by atoms with Crippen LogP contribution in [0.2, 0.25) is 0 Å². The summed E-state index contributed by atoms with van der Waals surface area (Å²) in [4.78, 5) is 13.1. The second-order valence-electron chi connectivity index (χ2n) is 3.40. The van der Waals surface area contributed by atoms with Gasteiger partial charge in [0.15, 0.2) is 11.6 Å². The van der Waals surface area contributed by atoms with Gasteiger partial charge in [-0.1, -0.05) is 0 Å². The van der Waals surface area contributed by atoms with Gasteiger partial charge in [0, 0.05) is 16.6 Å². The lowest BCUT2D eigenvalue weighted by Crippen LogP contribution is -2.19. The van der Waals surface area contributed by atoms with Crippen LogP contribution >= 0.6 is 15.9 Å². The normalized spacial score (nSPS) is 10.8. The van der Waals surface area contributed by atoms with Crippen LogP contribution in [0.25, 0.3) is 10.9 Å². The molecule has 2 aromatic rings. The first-order chi connectivity index (χ1) is 7.99. The van der Waals surface area contributed by atoms with Crippen molar-refractivity contribution >= 4 is 32.9 Å². The minimum Gasteiger partial charge on any atom is -0.465 e. The van der Waals surface area contributed by atoms with Crippen LogP contribution in [0, 0.1) is 11.6 Å². The predicted molar refractivity (Wildman–Crippen MR) is 60.8 cm³/mol. The van der Waals surface area contributed by atoms with E-state index in [0.717, 1.165) is 0 Å². The maximum absolute atomic E-state index is 13.5. The summed E-state index contributed by atoms with van der Waals surface area (Å²) in [6.45, 7) is 0.00267. The van der Waals surface area contributed by atoms with Gasteiger partial charge in [-0.25, -0.2) is 13.6 Å². The zero-order chi connectivity index (χ0) is 12.6. The molecular weight excluding hydrogens is 298 g/mol. The van der Waals surface area contributed by atoms with E-state index in [0.29, 0.717) is 11.2 Å². The molecule has 0 bridgehead atoms. The molecule has 7 heteroatoms. The van der Waals surface area contributed by atoms with Crippen LogP contribution in [0.15, 0.2) is 16.6 Å². The van der Waals surface area contributed by atoms with E-state index in [2.05, 4.69) is 26.2 Å². The molecule has 90 valence electrons. The van der Waals surface area contributed by atoms with E-state index in [1.807, 2.05) is 0 Å². The van der Waals surface area contributed by atoms with E-state index >= 15 is 0 Å². The van der Waals surface area contributed by atoms with Crippen LogP contribution in [0.3, 0.4) is 0 Å². The first-order valence-corrected chi connectivity index (χ1v) is 5.40. The van der Waals surface area contributed by atoms with Gasteiger partial charge >= 0.3 is 6.09 Å². The summed E-state index contributed by atoms with van der Waals surface area (Å²) in [7, 11) is 0. The largest absolute Gasteiger partial charge is 0.465 e. The SMILES string of the molecule is O=C(O)NCc1cc2c(F)c(F)c(Br)cc2[nH]1.